The summed E-state index contributed by atoms with van der Waals surface area (Å²) in [5, 5.41) is 16.2. The summed E-state index contributed by atoms with van der Waals surface area (Å²) >= 11 is 0. The first kappa shape index (κ1) is 60.4. The van der Waals surface area contributed by atoms with Crippen LogP contribution >= 0.6 is 0 Å². The van der Waals surface area contributed by atoms with E-state index in [2.05, 4.69) is 48.8 Å². The topological polar surface area (TPSA) is 168 Å². The van der Waals surface area contributed by atoms with E-state index in [-0.39, 0.29) is 29.9 Å². The molecule has 0 bridgehead atoms. The molecule has 7 N–H and O–H groups in total. The van der Waals surface area contributed by atoms with Gasteiger partial charge in [0, 0.05) is 45.4 Å². The van der Waals surface area contributed by atoms with Crippen LogP contribution in [0.5, 0.6) is 0 Å². The molecule has 0 radical (unpaired) electrons. The molecule has 0 aliphatic carbocycles. The van der Waals surface area contributed by atoms with Crippen LogP contribution in [0, 0.1) is 5.92 Å². The molecule has 2 atom stereocenters. The number of carbonyl (C=O) groups is 4. The van der Waals surface area contributed by atoms with Crippen molar-refractivity contribution in [2.75, 3.05) is 39.3 Å². The molecule has 0 aromatic rings. The average molecular weight is 888 g/mol. The smallest absolute Gasteiger partial charge is 0.228 e. The van der Waals surface area contributed by atoms with E-state index >= 15 is 0 Å². The molecule has 0 saturated carbocycles. The summed E-state index contributed by atoms with van der Waals surface area (Å²) < 4.78 is 0. The molecule has 368 valence electrons. The van der Waals surface area contributed by atoms with Gasteiger partial charge in [-0.2, -0.15) is 0 Å². The molecule has 0 aromatic carbocycles. The number of ketones is 1. The second kappa shape index (κ2) is 47.4. The lowest BCUT2D eigenvalue weighted by Gasteiger charge is -2.27. The van der Waals surface area contributed by atoms with Crippen LogP contribution in [0.1, 0.15) is 239 Å². The van der Waals surface area contributed by atoms with Gasteiger partial charge in [0.2, 0.25) is 17.7 Å². The summed E-state index contributed by atoms with van der Waals surface area (Å²) in [4.78, 5) is 53.3. The van der Waals surface area contributed by atoms with Crippen LogP contribution in [-0.2, 0) is 19.2 Å². The van der Waals surface area contributed by atoms with E-state index in [4.69, 9.17) is 11.5 Å². The second-order valence-corrected chi connectivity index (χ2v) is 18.2. The number of rotatable bonds is 48. The van der Waals surface area contributed by atoms with E-state index in [9.17, 15) is 24.3 Å². The SMILES string of the molecule is CCCCCCCC/C=C\CCCCCCCC(=O)NCCCCN(CCCNC(=O)CCCCCCC/C=C\CCCCCCCC)C(=O)[C@H](CO)CC(=O)[C@@H](N)CCCCN. The average Bonchev–Trinajstić information content (AvgIpc) is 3.28. The molecule has 0 aliphatic rings. The predicted octanol–water partition coefficient (Wildman–Crippen LogP) is 11.3. The number of hydrogen-bond donors (Lipinski definition) is 5. The van der Waals surface area contributed by atoms with Crippen LogP contribution in [0.15, 0.2) is 24.3 Å². The minimum Gasteiger partial charge on any atom is -0.396 e. The zero-order valence-electron chi connectivity index (χ0n) is 41.1. The quantitative estimate of drug-likeness (QED) is 0.0299. The lowest BCUT2D eigenvalue weighted by molar-refractivity contribution is -0.139. The Balaban J connectivity index is 4.51. The van der Waals surface area contributed by atoms with Crippen molar-refractivity contribution in [1.82, 2.24) is 15.5 Å². The molecule has 10 nitrogen and oxygen atoms in total. The van der Waals surface area contributed by atoms with Crippen molar-refractivity contribution in [3.05, 3.63) is 24.3 Å². The van der Waals surface area contributed by atoms with E-state index in [0.717, 1.165) is 64.2 Å². The molecular formula is C53H101N5O5. The van der Waals surface area contributed by atoms with Gasteiger partial charge in [-0.25, -0.2) is 0 Å². The van der Waals surface area contributed by atoms with E-state index in [1.807, 2.05) is 0 Å². The third-order valence-electron chi connectivity index (χ3n) is 12.1. The van der Waals surface area contributed by atoms with Crippen LogP contribution < -0.4 is 22.1 Å². The normalized spacial score (nSPS) is 12.6. The highest BCUT2D eigenvalue weighted by Gasteiger charge is 2.28. The number of carbonyl (C=O) groups excluding carboxylic acids is 4. The van der Waals surface area contributed by atoms with Gasteiger partial charge in [0.15, 0.2) is 0 Å². The number of allylic oxidation sites excluding steroid dienone is 4. The first-order chi connectivity index (χ1) is 30.8. The number of aliphatic hydroxyl groups excluding tert-OH is 1. The Morgan fingerprint density at radius 3 is 1.38 bits per heavy atom. The van der Waals surface area contributed by atoms with Gasteiger partial charge < -0.3 is 32.1 Å². The number of amides is 3. The van der Waals surface area contributed by atoms with Crippen molar-refractivity contribution in [2.45, 2.75) is 245 Å². The summed E-state index contributed by atoms with van der Waals surface area (Å²) in [7, 11) is 0. The maximum absolute atomic E-state index is 13.7. The number of nitrogens with zero attached hydrogens (tertiary/aromatic N) is 1. The fraction of sp³-hybridized carbons (Fsp3) is 0.849. The Bertz CT molecular complexity index is 1130. The first-order valence-corrected chi connectivity index (χ1v) is 26.5. The highest BCUT2D eigenvalue weighted by atomic mass is 16.3. The molecule has 10 heteroatoms. The Labute approximate surface area is 387 Å². The molecule has 0 saturated heterocycles. The summed E-state index contributed by atoms with van der Waals surface area (Å²) in [6.45, 7) is 6.46. The molecule has 0 aliphatic heterocycles. The van der Waals surface area contributed by atoms with E-state index in [1.54, 1.807) is 4.90 Å². The largest absolute Gasteiger partial charge is 0.396 e. The third kappa shape index (κ3) is 40.7. The Hall–Kier alpha value is -2.56. The standard InChI is InChI=1S/C53H101N5O5/c1-3-5-7-9-11-13-15-17-19-21-23-25-27-29-31-39-51(61)56-42-35-36-44-58(53(63)48(47-59)46-50(60)49(55)38-33-34-41-54)45-37-43-57-52(62)40-32-30-28-26-24-22-20-18-16-14-12-10-8-6-4-2/h17-20,48-49,59H,3-16,21-47,54-55H2,1-2H3,(H,56,61)(H,57,62)/b19-17-,20-18-/t48-,49-/m0/s1. The zero-order chi connectivity index (χ0) is 46.3. The molecular weight excluding hydrogens is 787 g/mol. The van der Waals surface area contributed by atoms with Crippen molar-refractivity contribution in [3.8, 4) is 0 Å². The minimum absolute atomic E-state index is 0.0328. The van der Waals surface area contributed by atoms with Crippen LogP contribution in [-0.4, -0.2) is 78.9 Å². The second-order valence-electron chi connectivity index (χ2n) is 18.2. The molecule has 63 heavy (non-hydrogen) atoms. The maximum atomic E-state index is 13.7. The van der Waals surface area contributed by atoms with Crippen molar-refractivity contribution >= 4 is 23.5 Å². The van der Waals surface area contributed by atoms with Gasteiger partial charge in [-0.1, -0.05) is 147 Å². The Morgan fingerprint density at radius 1 is 0.524 bits per heavy atom. The van der Waals surface area contributed by atoms with Crippen LogP contribution in [0.4, 0.5) is 0 Å². The predicted molar refractivity (Wildman–Crippen MR) is 266 cm³/mol. The molecule has 3 amide bonds. The number of nitrogens with two attached hydrogens (primary N) is 2. The summed E-state index contributed by atoms with van der Waals surface area (Å²) in [6.07, 6.45) is 46.1. The number of unbranched alkanes of at least 4 members (excludes halogenated alkanes) is 24. The third-order valence-corrected chi connectivity index (χ3v) is 12.1. The van der Waals surface area contributed by atoms with E-state index < -0.39 is 18.6 Å². The van der Waals surface area contributed by atoms with Gasteiger partial charge in [-0.15, -0.1) is 0 Å². The summed E-state index contributed by atoms with van der Waals surface area (Å²) in [6, 6.07) is -0.681. The molecule has 0 aromatic heterocycles. The van der Waals surface area contributed by atoms with Gasteiger partial charge in [-0.3, -0.25) is 19.2 Å². The minimum atomic E-state index is -0.861. The molecule has 0 spiro atoms. The van der Waals surface area contributed by atoms with E-state index in [1.165, 1.54) is 116 Å². The van der Waals surface area contributed by atoms with Crippen LogP contribution in [0.25, 0.3) is 0 Å². The monoisotopic (exact) mass is 888 g/mol. The fourth-order valence-electron chi connectivity index (χ4n) is 7.93. The molecule has 0 heterocycles. The first-order valence-electron chi connectivity index (χ1n) is 26.5. The lowest BCUT2D eigenvalue weighted by Crippen LogP contribution is -2.42. The Morgan fingerprint density at radius 2 is 0.937 bits per heavy atom. The van der Waals surface area contributed by atoms with Gasteiger partial charge in [0.05, 0.1) is 18.6 Å². The van der Waals surface area contributed by atoms with Crippen molar-refractivity contribution in [3.63, 3.8) is 0 Å². The van der Waals surface area contributed by atoms with Crippen LogP contribution in [0.3, 0.4) is 0 Å². The van der Waals surface area contributed by atoms with Crippen LogP contribution in [0.2, 0.25) is 0 Å². The Kier molecular flexibility index (Phi) is 45.5. The zero-order valence-corrected chi connectivity index (χ0v) is 41.1. The van der Waals surface area contributed by atoms with E-state index in [0.29, 0.717) is 71.2 Å². The summed E-state index contributed by atoms with van der Waals surface area (Å²) in [5.41, 5.74) is 11.7. The maximum Gasteiger partial charge on any atom is 0.228 e. The highest BCUT2D eigenvalue weighted by molar-refractivity contribution is 5.89. The van der Waals surface area contributed by atoms with Gasteiger partial charge in [-0.05, 0) is 103 Å². The van der Waals surface area contributed by atoms with Crippen molar-refractivity contribution in [1.29, 1.82) is 0 Å². The van der Waals surface area contributed by atoms with Gasteiger partial charge in [0.25, 0.3) is 0 Å². The number of aliphatic hydroxyl groups is 1. The molecule has 0 fully saturated rings. The molecule has 0 unspecified atom stereocenters. The van der Waals surface area contributed by atoms with Gasteiger partial charge >= 0.3 is 0 Å². The van der Waals surface area contributed by atoms with Crippen molar-refractivity contribution < 1.29 is 24.3 Å². The number of nitrogens with one attached hydrogen (secondary N) is 2. The van der Waals surface area contributed by atoms with Crippen molar-refractivity contribution in [2.24, 2.45) is 17.4 Å². The molecule has 0 rings (SSSR count). The van der Waals surface area contributed by atoms with Gasteiger partial charge in [0.1, 0.15) is 5.78 Å². The lowest BCUT2D eigenvalue weighted by atomic mass is 9.95. The fourth-order valence-corrected chi connectivity index (χ4v) is 7.93. The number of Topliss-reactive ketones (excluding diaryl/α,β-unsaturated/α-hetero) is 1. The number of hydrogen-bond acceptors (Lipinski definition) is 7. The summed E-state index contributed by atoms with van der Waals surface area (Å²) in [5.74, 6) is -1.26. The highest BCUT2D eigenvalue weighted by Crippen LogP contribution is 2.15.